The molecule has 3 nitrogen and oxygen atoms in total. The predicted molar refractivity (Wildman–Crippen MR) is 144 cm³/mol. The highest BCUT2D eigenvalue weighted by molar-refractivity contribution is 7.17. The van der Waals surface area contributed by atoms with Gasteiger partial charge in [0.2, 0.25) is 0 Å². The van der Waals surface area contributed by atoms with Crippen molar-refractivity contribution in [3.05, 3.63) is 64.9 Å². The lowest BCUT2D eigenvalue weighted by Gasteiger charge is -2.21. The molecule has 6 rings (SSSR count). The van der Waals surface area contributed by atoms with Gasteiger partial charge in [-0.2, -0.15) is 0 Å². The monoisotopic (exact) mass is 467 g/mol. The third-order valence-electron chi connectivity index (χ3n) is 6.78. The molecule has 4 heteroatoms. The molecule has 6 aromatic rings. The molecule has 0 amide bonds. The molecule has 0 radical (unpaired) electrons. The Morgan fingerprint density at radius 2 is 1.76 bits per heavy atom. The highest BCUT2D eigenvalue weighted by atomic mass is 32.1. The Balaban J connectivity index is 1.71. The van der Waals surface area contributed by atoms with Gasteiger partial charge in [-0.25, -0.2) is 0 Å². The molecule has 0 bridgehead atoms. The third-order valence-corrected chi connectivity index (χ3v) is 7.74. The molecule has 0 saturated heterocycles. The van der Waals surface area contributed by atoms with Crippen LogP contribution in [0.4, 0.5) is 0 Å². The van der Waals surface area contributed by atoms with Gasteiger partial charge in [-0.3, -0.25) is 4.98 Å². The summed E-state index contributed by atoms with van der Waals surface area (Å²) in [5, 5.41) is 6.65. The molecule has 0 N–H and O–H groups in total. The van der Waals surface area contributed by atoms with E-state index in [2.05, 4.69) is 77.3 Å². The van der Waals surface area contributed by atoms with Gasteiger partial charge < -0.3 is 8.83 Å². The molecule has 4 heterocycles. The summed E-state index contributed by atoms with van der Waals surface area (Å²) in [4.78, 5) is 4.90. The van der Waals surface area contributed by atoms with Crippen molar-refractivity contribution in [3.63, 3.8) is 0 Å². The summed E-state index contributed by atoms with van der Waals surface area (Å²) < 4.78 is 14.2. The molecule has 0 unspecified atom stereocenters. The van der Waals surface area contributed by atoms with Gasteiger partial charge in [0, 0.05) is 28.3 Å². The van der Waals surface area contributed by atoms with Crippen LogP contribution in [0.5, 0.6) is 0 Å². The van der Waals surface area contributed by atoms with Crippen molar-refractivity contribution in [2.45, 2.75) is 53.4 Å². The molecule has 34 heavy (non-hydrogen) atoms. The fraction of sp³-hybridized carbons (Fsp3) is 0.300. The zero-order chi connectivity index (χ0) is 23.8. The van der Waals surface area contributed by atoms with E-state index in [1.807, 2.05) is 23.6 Å². The molecule has 172 valence electrons. The van der Waals surface area contributed by atoms with E-state index in [1.165, 1.54) is 21.2 Å². The van der Waals surface area contributed by atoms with E-state index in [0.717, 1.165) is 56.3 Å². The Morgan fingerprint density at radius 3 is 2.53 bits per heavy atom. The van der Waals surface area contributed by atoms with Gasteiger partial charge in [0.1, 0.15) is 22.5 Å². The zero-order valence-corrected chi connectivity index (χ0v) is 21.4. The summed E-state index contributed by atoms with van der Waals surface area (Å²) in [5.41, 5.74) is 7.26. The first-order valence-corrected chi connectivity index (χ1v) is 12.8. The van der Waals surface area contributed by atoms with E-state index in [4.69, 9.17) is 13.8 Å². The second kappa shape index (κ2) is 7.44. The number of benzene rings is 2. The predicted octanol–water partition coefficient (Wildman–Crippen LogP) is 9.41. The molecule has 0 aliphatic heterocycles. The summed E-state index contributed by atoms with van der Waals surface area (Å²) in [6.07, 6.45) is 2.77. The van der Waals surface area contributed by atoms with Crippen LogP contribution in [0.3, 0.4) is 0 Å². The maximum absolute atomic E-state index is 6.53. The molecule has 2 aromatic carbocycles. The molecule has 4 aromatic heterocycles. The lowest BCUT2D eigenvalue weighted by atomic mass is 9.84. The van der Waals surface area contributed by atoms with Gasteiger partial charge in [0.05, 0.1) is 16.5 Å². The first kappa shape index (κ1) is 21.4. The number of nitrogens with zero attached hydrogens (tertiary/aromatic N) is 1. The second-order valence-electron chi connectivity index (χ2n) is 10.8. The minimum absolute atomic E-state index is 0.0304. The lowest BCUT2D eigenvalue weighted by molar-refractivity contribution is 0.498. The quantitative estimate of drug-likeness (QED) is 0.260. The van der Waals surface area contributed by atoms with E-state index >= 15 is 0 Å². The van der Waals surface area contributed by atoms with Crippen LogP contribution >= 0.6 is 11.3 Å². The summed E-state index contributed by atoms with van der Waals surface area (Å²) >= 11 is 1.81. The Bertz CT molecular complexity index is 1710. The maximum atomic E-state index is 6.53. The fourth-order valence-corrected chi connectivity index (χ4v) is 6.19. The number of rotatable bonds is 3. The summed E-state index contributed by atoms with van der Waals surface area (Å²) in [5.74, 6) is 1.59. The molecule has 0 saturated carbocycles. The smallest absolute Gasteiger partial charge is 0.146 e. The van der Waals surface area contributed by atoms with Crippen LogP contribution in [0, 0.1) is 12.8 Å². The topological polar surface area (TPSA) is 39.2 Å². The minimum atomic E-state index is 0.0304. The first-order chi connectivity index (χ1) is 16.2. The van der Waals surface area contributed by atoms with Crippen LogP contribution in [-0.4, -0.2) is 4.98 Å². The van der Waals surface area contributed by atoms with Crippen LogP contribution in [-0.2, 0) is 11.8 Å². The molecule has 0 aliphatic rings. The number of thiophene rings is 1. The average molecular weight is 468 g/mol. The van der Waals surface area contributed by atoms with Crippen LogP contribution in [0.25, 0.3) is 54.3 Å². The van der Waals surface area contributed by atoms with Crippen molar-refractivity contribution in [2.24, 2.45) is 5.92 Å². The standard InChI is InChI=1S/C30H29NO2S/c1-16(2)13-24-17(3)20-7-8-22-26(28(20)33-24)25-23(32-22)9-11-31-27(25)19-14-18-10-12-34-29(18)21(15-19)30(4,5)6/h7-12,14-16H,13H2,1-6H3. The molecular weight excluding hydrogens is 438 g/mol. The molecule has 0 fully saturated rings. The van der Waals surface area contributed by atoms with Crippen LogP contribution < -0.4 is 0 Å². The number of hydrogen-bond acceptors (Lipinski definition) is 4. The molecule has 0 spiro atoms. The van der Waals surface area contributed by atoms with Crippen molar-refractivity contribution >= 4 is 54.3 Å². The van der Waals surface area contributed by atoms with E-state index in [1.54, 1.807) is 0 Å². The van der Waals surface area contributed by atoms with Crippen molar-refractivity contribution in [1.82, 2.24) is 4.98 Å². The maximum Gasteiger partial charge on any atom is 0.146 e. The van der Waals surface area contributed by atoms with E-state index in [0.29, 0.717) is 5.92 Å². The van der Waals surface area contributed by atoms with E-state index in [9.17, 15) is 0 Å². The number of hydrogen-bond donors (Lipinski definition) is 0. The SMILES string of the molecule is Cc1c(CC(C)C)oc2c1ccc1oc3ccnc(-c4cc(C(C)(C)C)c5sccc5c4)c3c12. The largest absolute Gasteiger partial charge is 0.460 e. The number of aryl methyl sites for hydroxylation is 1. The number of pyridine rings is 1. The van der Waals surface area contributed by atoms with Crippen LogP contribution in [0.1, 0.15) is 51.5 Å². The van der Waals surface area contributed by atoms with Gasteiger partial charge in [0.25, 0.3) is 0 Å². The van der Waals surface area contributed by atoms with Gasteiger partial charge in [0.15, 0.2) is 0 Å². The fourth-order valence-electron chi connectivity index (χ4n) is 5.09. The summed E-state index contributed by atoms with van der Waals surface area (Å²) in [6, 6.07) is 13.0. The average Bonchev–Trinajstić information content (AvgIpc) is 3.47. The Labute approximate surface area is 203 Å². The highest BCUT2D eigenvalue weighted by Gasteiger charge is 2.23. The minimum Gasteiger partial charge on any atom is -0.460 e. The highest BCUT2D eigenvalue weighted by Crippen LogP contribution is 2.43. The second-order valence-corrected chi connectivity index (χ2v) is 11.7. The van der Waals surface area contributed by atoms with Crippen molar-refractivity contribution in [3.8, 4) is 11.3 Å². The van der Waals surface area contributed by atoms with E-state index < -0.39 is 0 Å². The van der Waals surface area contributed by atoms with Gasteiger partial charge in [-0.1, -0.05) is 34.6 Å². The number of fused-ring (bicyclic) bond motifs is 6. The molecule has 0 aliphatic carbocycles. The lowest BCUT2D eigenvalue weighted by Crippen LogP contribution is -2.11. The Hall–Kier alpha value is -3.11. The zero-order valence-electron chi connectivity index (χ0n) is 20.6. The van der Waals surface area contributed by atoms with E-state index in [-0.39, 0.29) is 5.41 Å². The van der Waals surface area contributed by atoms with Crippen LogP contribution in [0.15, 0.2) is 56.8 Å². The van der Waals surface area contributed by atoms with Crippen LogP contribution in [0.2, 0.25) is 0 Å². The van der Waals surface area contributed by atoms with Crippen molar-refractivity contribution in [2.75, 3.05) is 0 Å². The van der Waals surface area contributed by atoms with Gasteiger partial charge >= 0.3 is 0 Å². The normalized spacial score (nSPS) is 12.8. The van der Waals surface area contributed by atoms with Crippen molar-refractivity contribution < 1.29 is 8.83 Å². The summed E-state index contributed by atoms with van der Waals surface area (Å²) in [6.45, 7) is 13.4. The Morgan fingerprint density at radius 1 is 0.971 bits per heavy atom. The molecular formula is C30H29NO2S. The third kappa shape index (κ3) is 3.19. The number of furan rings is 2. The van der Waals surface area contributed by atoms with Gasteiger partial charge in [-0.05, 0) is 76.5 Å². The first-order valence-electron chi connectivity index (χ1n) is 12.0. The molecule has 0 atom stereocenters. The van der Waals surface area contributed by atoms with Gasteiger partial charge in [-0.15, -0.1) is 11.3 Å². The Kier molecular flexibility index (Phi) is 4.69. The summed E-state index contributed by atoms with van der Waals surface area (Å²) in [7, 11) is 0. The van der Waals surface area contributed by atoms with Crippen molar-refractivity contribution in [1.29, 1.82) is 0 Å². The number of aromatic nitrogens is 1.